The van der Waals surface area contributed by atoms with Gasteiger partial charge in [0.2, 0.25) is 0 Å². The maximum Gasteiger partial charge on any atom is 0.415 e. The second kappa shape index (κ2) is 5.45. The molecule has 2 fully saturated rings. The van der Waals surface area contributed by atoms with E-state index < -0.39 is 5.41 Å². The molecule has 2 saturated heterocycles. The Morgan fingerprint density at radius 1 is 1.50 bits per heavy atom. The third kappa shape index (κ3) is 2.25. The first-order valence-corrected chi connectivity index (χ1v) is 7.53. The molecule has 1 aromatic heterocycles. The van der Waals surface area contributed by atoms with Crippen LogP contribution in [0.4, 0.5) is 4.79 Å². The van der Waals surface area contributed by atoms with E-state index in [2.05, 4.69) is 17.6 Å². The summed E-state index contributed by atoms with van der Waals surface area (Å²) in [5.74, 6) is 0. The van der Waals surface area contributed by atoms with E-state index in [1.165, 1.54) is 6.26 Å². The molecule has 5 nitrogen and oxygen atoms in total. The first kappa shape index (κ1) is 14.6. The maximum atomic E-state index is 12.1. The van der Waals surface area contributed by atoms with Gasteiger partial charge in [-0.05, 0) is 43.7 Å². The van der Waals surface area contributed by atoms with Crippen LogP contribution in [0.3, 0.4) is 0 Å². The number of amides is 1. The van der Waals surface area contributed by atoms with Gasteiger partial charge >= 0.3 is 6.09 Å². The molecule has 114 valence electrons. The number of ether oxygens (including phenoxy) is 1. The summed E-state index contributed by atoms with van der Waals surface area (Å²) in [5, 5.41) is 9.85. The summed E-state index contributed by atoms with van der Waals surface area (Å²) in [4.78, 5) is 18.1. The highest BCUT2D eigenvalue weighted by Gasteiger charge is 2.51. The van der Waals surface area contributed by atoms with Gasteiger partial charge < -0.3 is 9.64 Å². The number of piperidine rings is 1. The average Bonchev–Trinajstić information content (AvgIpc) is 2.79. The summed E-state index contributed by atoms with van der Waals surface area (Å²) in [6.07, 6.45) is 7.50. The zero-order chi connectivity index (χ0) is 15.7. The van der Waals surface area contributed by atoms with Crippen LogP contribution in [-0.2, 0) is 10.2 Å². The molecule has 2 aliphatic rings. The van der Waals surface area contributed by atoms with Gasteiger partial charge in [0.05, 0.1) is 17.7 Å². The predicted molar refractivity (Wildman–Crippen MR) is 80.8 cm³/mol. The normalized spacial score (nSPS) is 29.7. The van der Waals surface area contributed by atoms with Crippen molar-refractivity contribution in [1.29, 1.82) is 5.26 Å². The molecule has 2 bridgehead atoms. The average molecular weight is 297 g/mol. The van der Waals surface area contributed by atoms with Crippen molar-refractivity contribution in [3.8, 4) is 6.07 Å². The molecule has 22 heavy (non-hydrogen) atoms. The third-order valence-corrected chi connectivity index (χ3v) is 4.82. The summed E-state index contributed by atoms with van der Waals surface area (Å²) in [7, 11) is 0. The quantitative estimate of drug-likeness (QED) is 0.787. The number of hydrogen-bond donors (Lipinski definition) is 0. The minimum absolute atomic E-state index is 0.0476. The van der Waals surface area contributed by atoms with E-state index in [-0.39, 0.29) is 18.2 Å². The number of nitriles is 1. The van der Waals surface area contributed by atoms with E-state index in [1.807, 2.05) is 13.0 Å². The highest BCUT2D eigenvalue weighted by molar-refractivity contribution is 5.70. The molecule has 1 aromatic rings. The second-order valence-corrected chi connectivity index (χ2v) is 6.20. The standard InChI is InChI=1S/C17H19N3O2/c1-3-22-16(21)20-14-4-5-15(20)8-17(7-14,11-18)13-6-12(2)9-19-10-13/h3,6,9-10,14-15H,1,4-5,7-8H2,2H3. The van der Waals surface area contributed by atoms with Crippen molar-refractivity contribution in [3.05, 3.63) is 42.4 Å². The Kier molecular flexibility index (Phi) is 3.61. The third-order valence-electron chi connectivity index (χ3n) is 4.82. The predicted octanol–water partition coefficient (Wildman–Crippen LogP) is 3.06. The number of nitrogens with zero attached hydrogens (tertiary/aromatic N) is 3. The second-order valence-electron chi connectivity index (χ2n) is 6.20. The monoisotopic (exact) mass is 297 g/mol. The lowest BCUT2D eigenvalue weighted by molar-refractivity contribution is 0.0808. The molecular formula is C17H19N3O2. The van der Waals surface area contributed by atoms with Crippen LogP contribution in [0.5, 0.6) is 0 Å². The Labute approximate surface area is 130 Å². The molecule has 0 N–H and O–H groups in total. The number of fused-ring (bicyclic) bond motifs is 2. The first-order valence-electron chi connectivity index (χ1n) is 7.53. The molecule has 0 radical (unpaired) electrons. The largest absolute Gasteiger partial charge is 0.419 e. The van der Waals surface area contributed by atoms with Crippen LogP contribution in [0, 0.1) is 18.3 Å². The van der Waals surface area contributed by atoms with Gasteiger partial charge in [0.1, 0.15) is 0 Å². The van der Waals surface area contributed by atoms with E-state index in [0.29, 0.717) is 12.8 Å². The lowest BCUT2D eigenvalue weighted by atomic mass is 9.71. The minimum Gasteiger partial charge on any atom is -0.419 e. The van der Waals surface area contributed by atoms with E-state index in [0.717, 1.165) is 24.0 Å². The fourth-order valence-electron chi connectivity index (χ4n) is 3.89. The van der Waals surface area contributed by atoms with Crippen LogP contribution in [0.15, 0.2) is 31.3 Å². The van der Waals surface area contributed by atoms with Gasteiger partial charge in [-0.1, -0.05) is 12.6 Å². The van der Waals surface area contributed by atoms with Crippen molar-refractivity contribution in [2.24, 2.45) is 0 Å². The van der Waals surface area contributed by atoms with Crippen molar-refractivity contribution < 1.29 is 9.53 Å². The number of aryl methyl sites for hydroxylation is 1. The van der Waals surface area contributed by atoms with Crippen LogP contribution in [0.2, 0.25) is 0 Å². The van der Waals surface area contributed by atoms with Crippen LogP contribution in [0.1, 0.15) is 36.8 Å². The van der Waals surface area contributed by atoms with Gasteiger partial charge in [-0.2, -0.15) is 5.26 Å². The number of aromatic nitrogens is 1. The Morgan fingerprint density at radius 2 is 2.18 bits per heavy atom. The Bertz CT molecular complexity index is 636. The van der Waals surface area contributed by atoms with Gasteiger partial charge in [-0.3, -0.25) is 4.98 Å². The van der Waals surface area contributed by atoms with Crippen LogP contribution in [-0.4, -0.2) is 28.1 Å². The van der Waals surface area contributed by atoms with Gasteiger partial charge in [-0.25, -0.2) is 4.79 Å². The molecule has 3 rings (SSSR count). The van der Waals surface area contributed by atoms with Crippen LogP contribution in [0.25, 0.3) is 0 Å². The van der Waals surface area contributed by atoms with Crippen LogP contribution >= 0.6 is 0 Å². The number of carbonyl (C=O) groups excluding carboxylic acids is 1. The Balaban J connectivity index is 1.91. The number of hydrogen-bond acceptors (Lipinski definition) is 4. The van der Waals surface area contributed by atoms with Crippen molar-refractivity contribution in [2.45, 2.75) is 50.1 Å². The van der Waals surface area contributed by atoms with E-state index >= 15 is 0 Å². The summed E-state index contributed by atoms with van der Waals surface area (Å²) in [6.45, 7) is 5.42. The molecule has 2 unspecified atom stereocenters. The molecule has 0 aromatic carbocycles. The molecule has 2 aliphatic heterocycles. The summed E-state index contributed by atoms with van der Waals surface area (Å²) < 4.78 is 4.94. The number of pyridine rings is 1. The highest BCUT2D eigenvalue weighted by Crippen LogP contribution is 2.47. The first-order chi connectivity index (χ1) is 10.6. The minimum atomic E-state index is -0.560. The van der Waals surface area contributed by atoms with Crippen LogP contribution < -0.4 is 0 Å². The van der Waals surface area contributed by atoms with Crippen molar-refractivity contribution in [1.82, 2.24) is 9.88 Å². The molecular weight excluding hydrogens is 278 g/mol. The molecule has 0 spiro atoms. The summed E-state index contributed by atoms with van der Waals surface area (Å²) in [5.41, 5.74) is 1.45. The molecule has 0 aliphatic carbocycles. The number of rotatable bonds is 2. The van der Waals surface area contributed by atoms with E-state index in [4.69, 9.17) is 4.74 Å². The zero-order valence-electron chi connectivity index (χ0n) is 12.7. The SMILES string of the molecule is C=COC(=O)N1C2CCC1CC(C#N)(c1cncc(C)c1)C2. The molecule has 3 heterocycles. The van der Waals surface area contributed by atoms with Crippen molar-refractivity contribution in [2.75, 3.05) is 0 Å². The molecule has 2 atom stereocenters. The number of carbonyl (C=O) groups is 1. The lowest BCUT2D eigenvalue weighted by Crippen LogP contribution is -2.51. The van der Waals surface area contributed by atoms with E-state index in [1.54, 1.807) is 17.3 Å². The zero-order valence-corrected chi connectivity index (χ0v) is 12.7. The fourth-order valence-corrected chi connectivity index (χ4v) is 3.89. The van der Waals surface area contributed by atoms with Gasteiger partial charge in [-0.15, -0.1) is 0 Å². The van der Waals surface area contributed by atoms with Crippen molar-refractivity contribution in [3.63, 3.8) is 0 Å². The molecule has 0 saturated carbocycles. The lowest BCUT2D eigenvalue weighted by Gasteiger charge is -2.42. The highest BCUT2D eigenvalue weighted by atomic mass is 16.5. The molecule has 5 heteroatoms. The summed E-state index contributed by atoms with van der Waals surface area (Å²) in [6, 6.07) is 4.64. The topological polar surface area (TPSA) is 66.2 Å². The Morgan fingerprint density at radius 3 is 2.73 bits per heavy atom. The van der Waals surface area contributed by atoms with Gasteiger partial charge in [0.15, 0.2) is 0 Å². The Hall–Kier alpha value is -2.35. The maximum absolute atomic E-state index is 12.1. The van der Waals surface area contributed by atoms with Gasteiger partial charge in [0, 0.05) is 24.5 Å². The smallest absolute Gasteiger partial charge is 0.415 e. The molecule has 1 amide bonds. The van der Waals surface area contributed by atoms with Gasteiger partial charge in [0.25, 0.3) is 0 Å². The fraction of sp³-hybridized carbons (Fsp3) is 0.471. The van der Waals surface area contributed by atoms with Crippen molar-refractivity contribution >= 4 is 6.09 Å². The summed E-state index contributed by atoms with van der Waals surface area (Å²) >= 11 is 0. The van der Waals surface area contributed by atoms with E-state index in [9.17, 15) is 10.1 Å².